The average molecular weight is 319 g/mol. The first-order chi connectivity index (χ1) is 10.8. The van der Waals surface area contributed by atoms with E-state index in [9.17, 15) is 14.6 Å². The molecule has 0 unspecified atom stereocenters. The third kappa shape index (κ3) is 1.92. The molecular weight excluding hydrogens is 293 g/mol. The Kier molecular flexibility index (Phi) is 3.23. The number of aliphatic hydroxyl groups excluding tert-OH is 2. The highest BCUT2D eigenvalue weighted by molar-refractivity contribution is 5.46. The lowest BCUT2D eigenvalue weighted by atomic mass is 9.52. The molecule has 126 valence electrons. The monoisotopic (exact) mass is 319 g/mol. The standard InChI is InChI=1S/C19H26FNO2/c1-18-5-3-11(22)7-10(18)8-15(23)16-12(18)4-6-19(2)13(16)9-14(20)17(19)21/h3-5,7,11,13-17,22-23H,6,8-9,21H2,1-2H3/t11-,13-,14+,15-,16+,17-,18-,19-/m0/s1. The molecule has 0 radical (unpaired) electrons. The van der Waals surface area contributed by atoms with E-state index >= 15 is 0 Å². The summed E-state index contributed by atoms with van der Waals surface area (Å²) in [4.78, 5) is 0. The number of aliphatic hydroxyl groups is 2. The van der Waals surface area contributed by atoms with Gasteiger partial charge in [-0.2, -0.15) is 0 Å². The summed E-state index contributed by atoms with van der Waals surface area (Å²) in [6.45, 7) is 4.23. The molecule has 2 fully saturated rings. The zero-order valence-corrected chi connectivity index (χ0v) is 13.7. The normalized spacial score (nSPS) is 54.7. The van der Waals surface area contributed by atoms with Crippen LogP contribution in [0, 0.1) is 22.7 Å². The van der Waals surface area contributed by atoms with E-state index in [1.54, 1.807) is 0 Å². The number of fused-ring (bicyclic) bond motifs is 5. The van der Waals surface area contributed by atoms with Crippen molar-refractivity contribution >= 4 is 0 Å². The minimum atomic E-state index is -0.988. The third-order valence-electron chi connectivity index (χ3n) is 7.14. The van der Waals surface area contributed by atoms with Crippen LogP contribution in [0.3, 0.4) is 0 Å². The molecule has 0 saturated heterocycles. The number of hydrogen-bond acceptors (Lipinski definition) is 3. The van der Waals surface area contributed by atoms with Gasteiger partial charge in [0.05, 0.1) is 12.2 Å². The molecule has 0 amide bonds. The molecular formula is C19H26FNO2. The van der Waals surface area contributed by atoms with Gasteiger partial charge in [-0.3, -0.25) is 0 Å². The number of allylic oxidation sites excluding steroid dienone is 2. The Morgan fingerprint density at radius 1 is 1.30 bits per heavy atom. The molecule has 0 heterocycles. The quantitative estimate of drug-likeness (QED) is 0.600. The molecule has 4 heteroatoms. The fraction of sp³-hybridized carbons (Fsp3) is 0.684. The summed E-state index contributed by atoms with van der Waals surface area (Å²) in [5, 5.41) is 20.7. The molecule has 2 saturated carbocycles. The zero-order chi connectivity index (χ0) is 16.6. The first-order valence-corrected chi connectivity index (χ1v) is 8.64. The van der Waals surface area contributed by atoms with Crippen LogP contribution in [0.4, 0.5) is 4.39 Å². The van der Waals surface area contributed by atoms with Crippen molar-refractivity contribution in [2.24, 2.45) is 28.4 Å². The van der Waals surface area contributed by atoms with Gasteiger partial charge in [-0.05, 0) is 37.5 Å². The molecule has 23 heavy (non-hydrogen) atoms. The van der Waals surface area contributed by atoms with Crippen molar-refractivity contribution in [3.63, 3.8) is 0 Å². The van der Waals surface area contributed by atoms with Gasteiger partial charge >= 0.3 is 0 Å². The van der Waals surface area contributed by atoms with Crippen LogP contribution in [0.15, 0.2) is 35.5 Å². The minimum absolute atomic E-state index is 0.0393. The van der Waals surface area contributed by atoms with E-state index in [0.717, 1.165) is 12.0 Å². The van der Waals surface area contributed by atoms with Crippen molar-refractivity contribution in [3.05, 3.63) is 35.5 Å². The fourth-order valence-electron chi connectivity index (χ4n) is 5.63. The van der Waals surface area contributed by atoms with Crippen LogP contribution >= 0.6 is 0 Å². The molecule has 0 aromatic carbocycles. The van der Waals surface area contributed by atoms with Crippen molar-refractivity contribution in [2.75, 3.05) is 0 Å². The summed E-state index contributed by atoms with van der Waals surface area (Å²) in [5.74, 6) is 0.0451. The number of nitrogens with two attached hydrogens (primary N) is 1. The maximum Gasteiger partial charge on any atom is 0.116 e. The molecule has 3 nitrogen and oxygen atoms in total. The largest absolute Gasteiger partial charge is 0.392 e. The number of alkyl halides is 1. The predicted molar refractivity (Wildman–Crippen MR) is 87.2 cm³/mol. The topological polar surface area (TPSA) is 66.5 Å². The first kappa shape index (κ1) is 15.6. The fourth-order valence-corrected chi connectivity index (χ4v) is 5.63. The number of hydrogen-bond donors (Lipinski definition) is 3. The number of rotatable bonds is 0. The SMILES string of the molecule is C[C@]12C=C[C@H](O)C=C1C[C@H](O)[C@@H]1C2=CC[C@]2(C)[C@@H](N)[C@H](F)C[C@@H]12. The second kappa shape index (κ2) is 4.78. The van der Waals surface area contributed by atoms with Gasteiger partial charge in [0.15, 0.2) is 0 Å². The summed E-state index contributed by atoms with van der Waals surface area (Å²) in [6, 6.07) is -0.453. The lowest BCUT2D eigenvalue weighted by molar-refractivity contribution is 0.0164. The Morgan fingerprint density at radius 2 is 2.04 bits per heavy atom. The molecule has 0 aliphatic heterocycles. The molecule has 8 atom stereocenters. The summed E-state index contributed by atoms with van der Waals surface area (Å²) < 4.78 is 14.3. The van der Waals surface area contributed by atoms with Crippen LogP contribution in [0.2, 0.25) is 0 Å². The molecule has 0 spiro atoms. The van der Waals surface area contributed by atoms with Crippen molar-refractivity contribution in [3.8, 4) is 0 Å². The molecule has 4 aliphatic carbocycles. The van der Waals surface area contributed by atoms with Crippen molar-refractivity contribution in [2.45, 2.75) is 57.5 Å². The van der Waals surface area contributed by atoms with Crippen LogP contribution in [-0.4, -0.2) is 34.6 Å². The Balaban J connectivity index is 1.80. The van der Waals surface area contributed by atoms with Crippen LogP contribution in [0.25, 0.3) is 0 Å². The van der Waals surface area contributed by atoms with Crippen LogP contribution in [0.1, 0.15) is 33.1 Å². The van der Waals surface area contributed by atoms with E-state index in [4.69, 9.17) is 5.73 Å². The summed E-state index contributed by atoms with van der Waals surface area (Å²) in [7, 11) is 0. The van der Waals surface area contributed by atoms with Gasteiger partial charge in [0, 0.05) is 17.4 Å². The second-order valence-corrected chi connectivity index (χ2v) is 8.29. The van der Waals surface area contributed by atoms with Crippen LogP contribution in [-0.2, 0) is 0 Å². The van der Waals surface area contributed by atoms with Gasteiger partial charge in [-0.25, -0.2) is 4.39 Å². The Morgan fingerprint density at radius 3 is 2.78 bits per heavy atom. The Bertz CT molecular complexity index is 627. The van der Waals surface area contributed by atoms with E-state index in [0.29, 0.717) is 12.8 Å². The van der Waals surface area contributed by atoms with Gasteiger partial charge in [0.2, 0.25) is 0 Å². The van der Waals surface area contributed by atoms with Crippen molar-refractivity contribution in [1.82, 2.24) is 0 Å². The minimum Gasteiger partial charge on any atom is -0.392 e. The summed E-state index contributed by atoms with van der Waals surface area (Å²) in [5.41, 5.74) is 7.90. The average Bonchev–Trinajstić information content (AvgIpc) is 2.73. The Labute approximate surface area is 136 Å². The highest BCUT2D eigenvalue weighted by Gasteiger charge is 2.59. The van der Waals surface area contributed by atoms with E-state index in [1.807, 2.05) is 12.2 Å². The van der Waals surface area contributed by atoms with Gasteiger partial charge in [-0.1, -0.05) is 42.4 Å². The molecule has 4 N–H and O–H groups in total. The van der Waals surface area contributed by atoms with Crippen molar-refractivity contribution < 1.29 is 14.6 Å². The molecule has 0 bridgehead atoms. The van der Waals surface area contributed by atoms with Crippen LogP contribution in [0.5, 0.6) is 0 Å². The highest BCUT2D eigenvalue weighted by Crippen LogP contribution is 2.62. The molecule has 4 rings (SSSR count). The van der Waals surface area contributed by atoms with E-state index in [1.165, 1.54) is 5.57 Å². The predicted octanol–water partition coefficient (Wildman–Crippen LogP) is 2.25. The molecule has 0 aromatic heterocycles. The maximum atomic E-state index is 14.3. The van der Waals surface area contributed by atoms with Crippen molar-refractivity contribution in [1.29, 1.82) is 0 Å². The van der Waals surface area contributed by atoms with E-state index in [2.05, 4.69) is 26.0 Å². The lowest BCUT2D eigenvalue weighted by Crippen LogP contribution is -2.51. The maximum absolute atomic E-state index is 14.3. The van der Waals surface area contributed by atoms with Gasteiger partial charge in [0.25, 0.3) is 0 Å². The summed E-state index contributed by atoms with van der Waals surface area (Å²) in [6.07, 6.45) is 7.57. The lowest BCUT2D eigenvalue weighted by Gasteiger charge is -2.53. The van der Waals surface area contributed by atoms with Gasteiger partial charge in [0.1, 0.15) is 6.17 Å². The Hall–Kier alpha value is -0.970. The van der Waals surface area contributed by atoms with Crippen LogP contribution < -0.4 is 5.73 Å². The molecule has 0 aromatic rings. The second-order valence-electron chi connectivity index (χ2n) is 8.29. The van der Waals surface area contributed by atoms with E-state index in [-0.39, 0.29) is 22.7 Å². The third-order valence-corrected chi connectivity index (χ3v) is 7.14. The zero-order valence-electron chi connectivity index (χ0n) is 13.7. The summed E-state index contributed by atoms with van der Waals surface area (Å²) >= 11 is 0. The van der Waals surface area contributed by atoms with Gasteiger partial charge < -0.3 is 15.9 Å². The smallest absolute Gasteiger partial charge is 0.116 e. The first-order valence-electron chi connectivity index (χ1n) is 8.64. The number of halogens is 1. The van der Waals surface area contributed by atoms with E-state index < -0.39 is 24.4 Å². The molecule has 4 aliphatic rings. The van der Waals surface area contributed by atoms with Gasteiger partial charge in [-0.15, -0.1) is 0 Å². The highest BCUT2D eigenvalue weighted by atomic mass is 19.1.